The molecule has 2 heterocycles. The maximum absolute atomic E-state index is 11.9. The van der Waals surface area contributed by atoms with Crippen molar-refractivity contribution in [1.29, 1.82) is 0 Å². The lowest BCUT2D eigenvalue weighted by molar-refractivity contribution is 0.393. The van der Waals surface area contributed by atoms with Crippen LogP contribution < -0.4 is 16.6 Å². The van der Waals surface area contributed by atoms with Gasteiger partial charge in [0, 0.05) is 23.9 Å². The van der Waals surface area contributed by atoms with E-state index in [1.807, 2.05) is 46.8 Å². The van der Waals surface area contributed by atoms with Crippen molar-refractivity contribution in [1.82, 2.24) is 10.1 Å². The molecule has 0 aliphatic heterocycles. The maximum atomic E-state index is 11.9. The average molecular weight is 330 g/mol. The van der Waals surface area contributed by atoms with Crippen molar-refractivity contribution in [3.63, 3.8) is 0 Å². The van der Waals surface area contributed by atoms with E-state index >= 15 is 0 Å². The summed E-state index contributed by atoms with van der Waals surface area (Å²) in [5.74, 6) is 0.715. The second kappa shape index (κ2) is 9.39. The van der Waals surface area contributed by atoms with Gasteiger partial charge in [-0.3, -0.25) is 4.79 Å². The third-order valence-corrected chi connectivity index (χ3v) is 3.30. The predicted octanol–water partition coefficient (Wildman–Crippen LogP) is 3.50. The Morgan fingerprint density at radius 2 is 2.12 bits per heavy atom. The lowest BCUT2D eigenvalue weighted by Crippen LogP contribution is -2.15. The summed E-state index contributed by atoms with van der Waals surface area (Å²) in [6, 6.07) is 1.79. The highest BCUT2D eigenvalue weighted by Gasteiger charge is 2.13. The van der Waals surface area contributed by atoms with E-state index in [9.17, 15) is 4.79 Å². The lowest BCUT2D eigenvalue weighted by atomic mass is 10.1. The largest absolute Gasteiger partial charge is 0.404 e. The maximum Gasteiger partial charge on any atom is 0.271 e. The molecule has 0 unspecified atom stereocenters. The Hall–Kier alpha value is -2.76. The predicted molar refractivity (Wildman–Crippen MR) is 99.0 cm³/mol. The average Bonchev–Trinajstić information content (AvgIpc) is 2.93. The number of nitrogens with one attached hydrogen (secondary N) is 2. The first kappa shape index (κ1) is 19.3. The molecule has 0 bridgehead atoms. The molecule has 2 aromatic rings. The number of hydrogen-bond donors (Lipinski definition) is 3. The van der Waals surface area contributed by atoms with E-state index in [-0.39, 0.29) is 5.56 Å². The Morgan fingerprint density at radius 3 is 2.67 bits per heavy atom. The van der Waals surface area contributed by atoms with Crippen molar-refractivity contribution >= 4 is 5.69 Å². The Labute approximate surface area is 142 Å². The first-order valence-electron chi connectivity index (χ1n) is 8.00. The van der Waals surface area contributed by atoms with Gasteiger partial charge in [0.05, 0.1) is 5.69 Å². The molecule has 24 heavy (non-hydrogen) atoms. The molecule has 0 aromatic carbocycles. The van der Waals surface area contributed by atoms with Gasteiger partial charge < -0.3 is 20.6 Å². The minimum Gasteiger partial charge on any atom is -0.404 e. The second-order valence-electron chi connectivity index (χ2n) is 4.93. The van der Waals surface area contributed by atoms with Gasteiger partial charge in [-0.15, -0.1) is 0 Å². The van der Waals surface area contributed by atoms with Gasteiger partial charge >= 0.3 is 0 Å². The standard InChI is InChI=1S/C16H20N4O2.C2H6/c1-4-5-12(7-17)8-18-14-6-13(9-19-16(14)21)15-10(2)20-22-11(15)3;1-2/h4-7,9,18H,8,17H2,1-3H3,(H,19,21);1-2H3/b5-4-,12-7+;. The van der Waals surface area contributed by atoms with Crippen LogP contribution in [-0.4, -0.2) is 16.7 Å². The number of anilines is 1. The molecule has 6 heteroatoms. The molecule has 0 saturated heterocycles. The molecule has 0 spiro atoms. The van der Waals surface area contributed by atoms with E-state index in [0.717, 1.165) is 22.4 Å². The number of hydrogen-bond acceptors (Lipinski definition) is 5. The Kier molecular flexibility index (Phi) is 7.55. The van der Waals surface area contributed by atoms with Crippen LogP contribution in [0.5, 0.6) is 0 Å². The van der Waals surface area contributed by atoms with E-state index in [2.05, 4.69) is 15.5 Å². The van der Waals surface area contributed by atoms with Gasteiger partial charge in [-0.2, -0.15) is 0 Å². The van der Waals surface area contributed by atoms with E-state index in [1.165, 1.54) is 6.20 Å². The second-order valence-corrected chi connectivity index (χ2v) is 4.93. The molecule has 2 aromatic heterocycles. The molecular weight excluding hydrogens is 304 g/mol. The summed E-state index contributed by atoms with van der Waals surface area (Å²) < 4.78 is 5.17. The molecule has 2 rings (SSSR count). The molecule has 0 radical (unpaired) electrons. The van der Waals surface area contributed by atoms with Crippen LogP contribution in [-0.2, 0) is 0 Å². The van der Waals surface area contributed by atoms with Crippen molar-refractivity contribution in [3.05, 3.63) is 58.0 Å². The van der Waals surface area contributed by atoms with Gasteiger partial charge in [-0.1, -0.05) is 31.2 Å². The van der Waals surface area contributed by atoms with Crippen molar-refractivity contribution in [2.24, 2.45) is 5.73 Å². The van der Waals surface area contributed by atoms with Crippen LogP contribution in [0, 0.1) is 13.8 Å². The van der Waals surface area contributed by atoms with Crippen LogP contribution in [0.25, 0.3) is 11.1 Å². The molecule has 0 saturated carbocycles. The number of nitrogens with two attached hydrogens (primary N) is 1. The first-order chi connectivity index (χ1) is 11.6. The number of aromatic amines is 1. The summed E-state index contributed by atoms with van der Waals surface area (Å²) in [6.45, 7) is 10.1. The quantitative estimate of drug-likeness (QED) is 0.729. The number of aryl methyl sites for hydroxylation is 2. The van der Waals surface area contributed by atoms with Gasteiger partial charge in [0.1, 0.15) is 11.4 Å². The number of allylic oxidation sites excluding steroid dienone is 1. The van der Waals surface area contributed by atoms with Gasteiger partial charge in [-0.25, -0.2) is 0 Å². The van der Waals surface area contributed by atoms with E-state index in [4.69, 9.17) is 10.3 Å². The van der Waals surface area contributed by atoms with Crippen LogP contribution in [0.3, 0.4) is 0 Å². The summed E-state index contributed by atoms with van der Waals surface area (Å²) in [6.07, 6.45) is 6.95. The van der Waals surface area contributed by atoms with Crippen molar-refractivity contribution in [3.8, 4) is 11.1 Å². The van der Waals surface area contributed by atoms with Crippen LogP contribution in [0.15, 0.2) is 45.5 Å². The van der Waals surface area contributed by atoms with E-state index in [0.29, 0.717) is 18.0 Å². The molecule has 130 valence electrons. The summed E-state index contributed by atoms with van der Waals surface area (Å²) in [7, 11) is 0. The van der Waals surface area contributed by atoms with Gasteiger partial charge in [-0.05, 0) is 38.6 Å². The zero-order valence-electron chi connectivity index (χ0n) is 14.9. The van der Waals surface area contributed by atoms with Crippen LogP contribution in [0.1, 0.15) is 32.2 Å². The highest BCUT2D eigenvalue weighted by atomic mass is 16.5. The monoisotopic (exact) mass is 330 g/mol. The molecule has 0 aliphatic rings. The first-order valence-corrected chi connectivity index (χ1v) is 8.00. The molecule has 4 N–H and O–H groups in total. The number of rotatable bonds is 5. The summed E-state index contributed by atoms with van der Waals surface area (Å²) in [4.78, 5) is 14.7. The Morgan fingerprint density at radius 1 is 1.42 bits per heavy atom. The smallest absolute Gasteiger partial charge is 0.271 e. The summed E-state index contributed by atoms with van der Waals surface area (Å²) in [5.41, 5.74) is 9.25. The van der Waals surface area contributed by atoms with Crippen LogP contribution >= 0.6 is 0 Å². The molecule has 0 aliphatic carbocycles. The van der Waals surface area contributed by atoms with Gasteiger partial charge in [0.15, 0.2) is 0 Å². The molecule has 0 amide bonds. The molecule has 0 atom stereocenters. The number of H-pyrrole nitrogens is 1. The van der Waals surface area contributed by atoms with E-state index < -0.39 is 0 Å². The highest BCUT2D eigenvalue weighted by molar-refractivity contribution is 5.70. The van der Waals surface area contributed by atoms with Crippen LogP contribution in [0.2, 0.25) is 0 Å². The van der Waals surface area contributed by atoms with E-state index in [1.54, 1.807) is 12.3 Å². The van der Waals surface area contributed by atoms with Crippen molar-refractivity contribution < 1.29 is 4.52 Å². The zero-order valence-corrected chi connectivity index (χ0v) is 14.9. The van der Waals surface area contributed by atoms with Crippen molar-refractivity contribution in [2.45, 2.75) is 34.6 Å². The lowest BCUT2D eigenvalue weighted by Gasteiger charge is -2.08. The molecule has 0 fully saturated rings. The zero-order chi connectivity index (χ0) is 18.1. The minimum absolute atomic E-state index is 0.188. The Bertz CT molecular complexity index is 750. The minimum atomic E-state index is -0.188. The topological polar surface area (TPSA) is 96.9 Å². The van der Waals surface area contributed by atoms with Crippen molar-refractivity contribution in [2.75, 3.05) is 11.9 Å². The molecular formula is C18H26N4O2. The third-order valence-electron chi connectivity index (χ3n) is 3.30. The summed E-state index contributed by atoms with van der Waals surface area (Å²) in [5, 5.41) is 7.03. The number of pyridine rings is 1. The fraction of sp³-hybridized carbons (Fsp3) is 0.333. The highest BCUT2D eigenvalue weighted by Crippen LogP contribution is 2.26. The molecule has 6 nitrogen and oxygen atoms in total. The number of nitrogens with zero attached hydrogens (tertiary/aromatic N) is 1. The number of aromatic nitrogens is 2. The SMILES string of the molecule is C/C=C\C(=C/N)CNc1cc(-c2c(C)noc2C)c[nH]c1=O.CC. The van der Waals surface area contributed by atoms with Gasteiger partial charge in [0.2, 0.25) is 0 Å². The normalized spacial score (nSPS) is 11.3. The van der Waals surface area contributed by atoms with Gasteiger partial charge in [0.25, 0.3) is 5.56 Å². The summed E-state index contributed by atoms with van der Waals surface area (Å²) >= 11 is 0. The fourth-order valence-corrected chi connectivity index (χ4v) is 2.24. The fourth-order valence-electron chi connectivity index (χ4n) is 2.24. The third kappa shape index (κ3) is 4.62. The Balaban J connectivity index is 0.00000139. The van der Waals surface area contributed by atoms with Crippen LogP contribution in [0.4, 0.5) is 5.69 Å².